The molecule has 0 radical (unpaired) electrons. The number of hydrogen-bond donors (Lipinski definition) is 2. The third-order valence-corrected chi connectivity index (χ3v) is 7.10. The molecule has 2 saturated carbocycles. The minimum atomic E-state index is -3.12. The average Bonchev–Trinajstić information content (AvgIpc) is 3.23. The minimum absolute atomic E-state index is 0.368. The van der Waals surface area contributed by atoms with Crippen LogP contribution in [0.1, 0.15) is 37.7 Å². The molecule has 6 heteroatoms. The van der Waals surface area contributed by atoms with E-state index >= 15 is 0 Å². The van der Waals surface area contributed by atoms with Gasteiger partial charge >= 0.3 is 0 Å². The molecule has 144 valence electrons. The van der Waals surface area contributed by atoms with E-state index in [0.717, 1.165) is 48.8 Å². The number of nitrogens with zero attached hydrogens (tertiary/aromatic N) is 1. The molecular formula is C20H31N3O2S. The molecule has 0 spiro atoms. The maximum absolute atomic E-state index is 11.5. The summed E-state index contributed by atoms with van der Waals surface area (Å²) in [6.07, 6.45) is 9.11. The highest BCUT2D eigenvalue weighted by Crippen LogP contribution is 2.49. The van der Waals surface area contributed by atoms with Crippen LogP contribution in [0.4, 0.5) is 0 Å². The summed E-state index contributed by atoms with van der Waals surface area (Å²) in [6, 6.07) is 7.10. The van der Waals surface area contributed by atoms with Crippen LogP contribution in [0.3, 0.4) is 0 Å². The third kappa shape index (κ3) is 5.00. The molecule has 3 unspecified atom stereocenters. The molecular weight excluding hydrogens is 346 g/mol. The zero-order valence-electron chi connectivity index (χ0n) is 15.9. The van der Waals surface area contributed by atoms with Crippen LogP contribution < -0.4 is 10.6 Å². The molecule has 26 heavy (non-hydrogen) atoms. The Labute approximate surface area is 157 Å². The van der Waals surface area contributed by atoms with Crippen molar-refractivity contribution in [1.29, 1.82) is 0 Å². The molecule has 2 fully saturated rings. The van der Waals surface area contributed by atoms with Gasteiger partial charge in [0, 0.05) is 26.4 Å². The summed E-state index contributed by atoms with van der Waals surface area (Å²) < 4.78 is 23.0. The normalized spacial score (nSPS) is 25.5. The van der Waals surface area contributed by atoms with Crippen LogP contribution in [0, 0.1) is 17.8 Å². The van der Waals surface area contributed by atoms with E-state index < -0.39 is 9.84 Å². The van der Waals surface area contributed by atoms with Gasteiger partial charge in [0.25, 0.3) is 0 Å². The van der Waals surface area contributed by atoms with Crippen LogP contribution in [0.2, 0.25) is 0 Å². The van der Waals surface area contributed by atoms with Crippen molar-refractivity contribution >= 4 is 15.8 Å². The lowest BCUT2D eigenvalue weighted by molar-refractivity contribution is 0.315. The van der Waals surface area contributed by atoms with Crippen molar-refractivity contribution in [3.05, 3.63) is 29.8 Å². The smallest absolute Gasteiger partial charge is 0.190 e. The fraction of sp³-hybridized carbons (Fsp3) is 0.650. The first-order valence-corrected chi connectivity index (χ1v) is 11.6. The fourth-order valence-electron chi connectivity index (χ4n) is 4.56. The summed E-state index contributed by atoms with van der Waals surface area (Å²) in [5.74, 6) is 3.75. The highest BCUT2D eigenvalue weighted by atomic mass is 32.2. The number of rotatable bonds is 7. The topological polar surface area (TPSA) is 70.6 Å². The van der Waals surface area contributed by atoms with Crippen LogP contribution in [0.5, 0.6) is 0 Å². The summed E-state index contributed by atoms with van der Waals surface area (Å²) in [7, 11) is -1.32. The highest BCUT2D eigenvalue weighted by molar-refractivity contribution is 7.90. The number of aliphatic imine (C=N–C) groups is 1. The highest BCUT2D eigenvalue weighted by Gasteiger charge is 2.38. The average molecular weight is 378 g/mol. The molecule has 0 amide bonds. The van der Waals surface area contributed by atoms with E-state index in [-0.39, 0.29) is 0 Å². The Morgan fingerprint density at radius 3 is 2.42 bits per heavy atom. The first-order chi connectivity index (χ1) is 12.5. The Hall–Kier alpha value is -1.56. The largest absolute Gasteiger partial charge is 0.356 e. The summed E-state index contributed by atoms with van der Waals surface area (Å²) in [4.78, 5) is 4.66. The van der Waals surface area contributed by atoms with E-state index in [0.29, 0.717) is 4.90 Å². The first-order valence-electron chi connectivity index (χ1n) is 9.69. The number of sulfone groups is 1. The second-order valence-corrected chi connectivity index (χ2v) is 9.83. The van der Waals surface area contributed by atoms with Gasteiger partial charge in [-0.25, -0.2) is 8.42 Å². The summed E-state index contributed by atoms with van der Waals surface area (Å²) in [5, 5.41) is 6.77. The zero-order chi connectivity index (χ0) is 18.6. The van der Waals surface area contributed by atoms with Gasteiger partial charge in [-0.05, 0) is 67.6 Å². The van der Waals surface area contributed by atoms with Crippen molar-refractivity contribution in [2.24, 2.45) is 22.7 Å². The maximum Gasteiger partial charge on any atom is 0.190 e. The molecule has 5 nitrogen and oxygen atoms in total. The van der Waals surface area contributed by atoms with Crippen molar-refractivity contribution in [3.8, 4) is 0 Å². The molecule has 2 bridgehead atoms. The predicted octanol–water partition coefficient (Wildman–Crippen LogP) is 2.62. The second kappa shape index (κ2) is 8.42. The van der Waals surface area contributed by atoms with Crippen LogP contribution in [-0.4, -0.2) is 40.8 Å². The van der Waals surface area contributed by atoms with Gasteiger partial charge in [-0.1, -0.05) is 18.6 Å². The number of hydrogen-bond acceptors (Lipinski definition) is 3. The lowest BCUT2D eigenvalue weighted by atomic mass is 9.86. The summed E-state index contributed by atoms with van der Waals surface area (Å²) >= 11 is 0. The molecule has 0 aliphatic heterocycles. The van der Waals surface area contributed by atoms with Crippen LogP contribution in [-0.2, 0) is 16.3 Å². The molecule has 3 rings (SSSR count). The standard InChI is InChI=1S/C20H31N3O2S/c1-21-20(23-12-10-18-14-16-3-6-17(18)13-16)22-11-9-15-4-7-19(8-5-15)26(2,24)25/h4-5,7-8,16-18H,3,6,9-14H2,1-2H3,(H2,21,22,23). The Balaban J connectivity index is 1.36. The maximum atomic E-state index is 11.5. The number of fused-ring (bicyclic) bond motifs is 2. The SMILES string of the molecule is CN=C(NCCc1ccc(S(C)(=O)=O)cc1)NCCC1CC2CCC1C2. The van der Waals surface area contributed by atoms with E-state index in [9.17, 15) is 8.42 Å². The monoisotopic (exact) mass is 377 g/mol. The van der Waals surface area contributed by atoms with Crippen LogP contribution >= 0.6 is 0 Å². The molecule has 2 aliphatic carbocycles. The van der Waals surface area contributed by atoms with Gasteiger partial charge in [0.05, 0.1) is 4.90 Å². The van der Waals surface area contributed by atoms with Crippen molar-refractivity contribution in [1.82, 2.24) is 10.6 Å². The Kier molecular flexibility index (Phi) is 6.22. The summed E-state index contributed by atoms with van der Waals surface area (Å²) in [5.41, 5.74) is 1.11. The second-order valence-electron chi connectivity index (χ2n) is 7.82. The van der Waals surface area contributed by atoms with Gasteiger partial charge in [0.2, 0.25) is 0 Å². The van der Waals surface area contributed by atoms with Gasteiger partial charge < -0.3 is 10.6 Å². The molecule has 2 aliphatic rings. The van der Waals surface area contributed by atoms with Crippen molar-refractivity contribution in [2.45, 2.75) is 43.4 Å². The van der Waals surface area contributed by atoms with Crippen LogP contribution in [0.15, 0.2) is 34.2 Å². The molecule has 3 atom stereocenters. The summed E-state index contributed by atoms with van der Waals surface area (Å²) in [6.45, 7) is 1.75. The Morgan fingerprint density at radius 1 is 1.12 bits per heavy atom. The quantitative estimate of drug-likeness (QED) is 0.566. The Bertz CT molecular complexity index is 728. The molecule has 0 heterocycles. The lowest BCUT2D eigenvalue weighted by Crippen LogP contribution is -2.39. The van der Waals surface area contributed by atoms with E-state index in [4.69, 9.17) is 0 Å². The number of guanidine groups is 1. The van der Waals surface area contributed by atoms with Crippen LogP contribution in [0.25, 0.3) is 0 Å². The van der Waals surface area contributed by atoms with Gasteiger partial charge in [-0.3, -0.25) is 4.99 Å². The molecule has 2 N–H and O–H groups in total. The molecule has 1 aromatic rings. The van der Waals surface area contributed by atoms with E-state index in [1.54, 1.807) is 19.2 Å². The van der Waals surface area contributed by atoms with Gasteiger partial charge in [0.15, 0.2) is 15.8 Å². The first kappa shape index (κ1) is 19.2. The molecule has 0 saturated heterocycles. The number of benzene rings is 1. The van der Waals surface area contributed by atoms with E-state index in [1.807, 2.05) is 12.1 Å². The fourth-order valence-corrected chi connectivity index (χ4v) is 5.19. The van der Waals surface area contributed by atoms with Crippen molar-refractivity contribution in [3.63, 3.8) is 0 Å². The molecule has 0 aromatic heterocycles. The molecule has 1 aromatic carbocycles. The number of nitrogens with one attached hydrogen (secondary N) is 2. The third-order valence-electron chi connectivity index (χ3n) is 5.97. The lowest BCUT2D eigenvalue weighted by Gasteiger charge is -2.22. The predicted molar refractivity (Wildman–Crippen MR) is 106 cm³/mol. The van der Waals surface area contributed by atoms with E-state index in [2.05, 4.69) is 15.6 Å². The minimum Gasteiger partial charge on any atom is -0.356 e. The van der Waals surface area contributed by atoms with Gasteiger partial charge in [-0.15, -0.1) is 0 Å². The Morgan fingerprint density at radius 2 is 1.85 bits per heavy atom. The van der Waals surface area contributed by atoms with Crippen molar-refractivity contribution in [2.75, 3.05) is 26.4 Å². The zero-order valence-corrected chi connectivity index (χ0v) is 16.7. The van der Waals surface area contributed by atoms with Gasteiger partial charge in [-0.2, -0.15) is 0 Å². The van der Waals surface area contributed by atoms with E-state index in [1.165, 1.54) is 38.4 Å². The van der Waals surface area contributed by atoms with Crippen molar-refractivity contribution < 1.29 is 8.42 Å². The van der Waals surface area contributed by atoms with Gasteiger partial charge in [0.1, 0.15) is 0 Å².